The summed E-state index contributed by atoms with van der Waals surface area (Å²) in [6, 6.07) is 4.70. The van der Waals surface area contributed by atoms with E-state index < -0.39 is 0 Å². The van der Waals surface area contributed by atoms with Crippen molar-refractivity contribution in [2.75, 3.05) is 13.7 Å². The number of rotatable bonds is 5. The minimum atomic E-state index is 0.314. The molecule has 1 N–H and O–H groups in total. The fourth-order valence-electron chi connectivity index (χ4n) is 1.45. The van der Waals surface area contributed by atoms with E-state index in [1.54, 1.807) is 13.3 Å². The average molecular weight is 194 g/mol. The number of aromatic nitrogens is 1. The quantitative estimate of drug-likeness (QED) is 0.775. The Bertz CT molecular complexity index is 251. The highest BCUT2D eigenvalue weighted by Gasteiger charge is 2.08. The zero-order chi connectivity index (χ0) is 10.4. The third-order valence-corrected chi connectivity index (χ3v) is 2.14. The summed E-state index contributed by atoms with van der Waals surface area (Å²) >= 11 is 0. The zero-order valence-electron chi connectivity index (χ0n) is 9.03. The summed E-state index contributed by atoms with van der Waals surface area (Å²) in [5.41, 5.74) is 1.20. The molecule has 3 nitrogen and oxygen atoms in total. The molecule has 1 aromatic heterocycles. The van der Waals surface area contributed by atoms with Crippen molar-refractivity contribution in [2.24, 2.45) is 0 Å². The van der Waals surface area contributed by atoms with Crippen LogP contribution in [0.5, 0.6) is 0 Å². The second-order valence-electron chi connectivity index (χ2n) is 3.53. The van der Waals surface area contributed by atoms with Crippen molar-refractivity contribution >= 4 is 0 Å². The Morgan fingerprint density at radius 1 is 1.50 bits per heavy atom. The van der Waals surface area contributed by atoms with Gasteiger partial charge in [0.05, 0.1) is 6.61 Å². The van der Waals surface area contributed by atoms with E-state index in [2.05, 4.69) is 30.2 Å². The second-order valence-corrected chi connectivity index (χ2v) is 3.53. The molecule has 0 aromatic carbocycles. The molecule has 0 saturated carbocycles. The first-order valence-electron chi connectivity index (χ1n) is 4.89. The van der Waals surface area contributed by atoms with Gasteiger partial charge in [0.2, 0.25) is 0 Å². The lowest BCUT2D eigenvalue weighted by molar-refractivity contribution is 0.167. The van der Waals surface area contributed by atoms with Gasteiger partial charge in [-0.3, -0.25) is 4.98 Å². The van der Waals surface area contributed by atoms with Crippen molar-refractivity contribution in [1.29, 1.82) is 0 Å². The molecule has 2 unspecified atom stereocenters. The van der Waals surface area contributed by atoms with Gasteiger partial charge >= 0.3 is 0 Å². The molecule has 14 heavy (non-hydrogen) atoms. The van der Waals surface area contributed by atoms with Gasteiger partial charge in [0.25, 0.3) is 0 Å². The molecular formula is C11H18N2O. The van der Waals surface area contributed by atoms with Crippen LogP contribution in [0.1, 0.15) is 25.5 Å². The third kappa shape index (κ3) is 3.44. The first kappa shape index (κ1) is 11.1. The maximum atomic E-state index is 5.06. The molecule has 0 saturated heterocycles. The summed E-state index contributed by atoms with van der Waals surface area (Å²) in [5.74, 6) is 0. The van der Waals surface area contributed by atoms with Crippen LogP contribution >= 0.6 is 0 Å². The second kappa shape index (κ2) is 5.73. The summed E-state index contributed by atoms with van der Waals surface area (Å²) in [4.78, 5) is 4.09. The summed E-state index contributed by atoms with van der Waals surface area (Å²) in [7, 11) is 1.72. The third-order valence-electron chi connectivity index (χ3n) is 2.14. The Balaban J connectivity index is 2.46. The molecular weight excluding hydrogens is 176 g/mol. The minimum absolute atomic E-state index is 0.314. The molecule has 1 heterocycles. The van der Waals surface area contributed by atoms with Crippen molar-refractivity contribution in [3.05, 3.63) is 30.1 Å². The first-order chi connectivity index (χ1) is 6.74. The van der Waals surface area contributed by atoms with Crippen LogP contribution in [0.3, 0.4) is 0 Å². The number of nitrogens with zero attached hydrogens (tertiary/aromatic N) is 1. The molecule has 0 aliphatic carbocycles. The van der Waals surface area contributed by atoms with Gasteiger partial charge in [-0.2, -0.15) is 0 Å². The molecule has 0 amide bonds. The van der Waals surface area contributed by atoms with Crippen LogP contribution in [0.25, 0.3) is 0 Å². The molecule has 1 rings (SSSR count). The molecule has 2 atom stereocenters. The molecule has 0 radical (unpaired) electrons. The van der Waals surface area contributed by atoms with Crippen molar-refractivity contribution in [2.45, 2.75) is 25.9 Å². The maximum Gasteiger partial charge on any atom is 0.0613 e. The predicted octanol–water partition coefficient (Wildman–Crippen LogP) is 1.77. The van der Waals surface area contributed by atoms with Gasteiger partial charge < -0.3 is 10.1 Å². The molecule has 0 bridgehead atoms. The van der Waals surface area contributed by atoms with Crippen molar-refractivity contribution < 1.29 is 4.74 Å². The van der Waals surface area contributed by atoms with Gasteiger partial charge in [0, 0.05) is 31.6 Å². The summed E-state index contributed by atoms with van der Waals surface area (Å²) in [6.45, 7) is 4.96. The fraction of sp³-hybridized carbons (Fsp3) is 0.545. The summed E-state index contributed by atoms with van der Waals surface area (Å²) in [5, 5.41) is 3.43. The van der Waals surface area contributed by atoms with Crippen LogP contribution in [0.15, 0.2) is 24.5 Å². The highest BCUT2D eigenvalue weighted by atomic mass is 16.5. The Kier molecular flexibility index (Phi) is 4.56. The van der Waals surface area contributed by atoms with E-state index in [4.69, 9.17) is 4.74 Å². The molecule has 0 aliphatic heterocycles. The van der Waals surface area contributed by atoms with Crippen LogP contribution in [-0.4, -0.2) is 24.7 Å². The van der Waals surface area contributed by atoms with E-state index in [1.807, 2.05) is 12.3 Å². The van der Waals surface area contributed by atoms with Gasteiger partial charge in [0.1, 0.15) is 0 Å². The lowest BCUT2D eigenvalue weighted by atomic mass is 10.1. The van der Waals surface area contributed by atoms with Gasteiger partial charge in [-0.05, 0) is 25.5 Å². The summed E-state index contributed by atoms with van der Waals surface area (Å²) < 4.78 is 5.06. The normalized spacial score (nSPS) is 15.1. The number of hydrogen-bond donors (Lipinski definition) is 1. The monoisotopic (exact) mass is 194 g/mol. The van der Waals surface area contributed by atoms with Crippen LogP contribution in [-0.2, 0) is 4.74 Å². The SMILES string of the molecule is COCC(C)NC(C)c1cccnc1. The molecule has 0 fully saturated rings. The van der Waals surface area contributed by atoms with E-state index >= 15 is 0 Å². The largest absolute Gasteiger partial charge is 0.383 e. The molecule has 0 aliphatic rings. The number of ether oxygens (including phenoxy) is 1. The van der Waals surface area contributed by atoms with Crippen LogP contribution in [0, 0.1) is 0 Å². The predicted molar refractivity (Wildman–Crippen MR) is 57.1 cm³/mol. The van der Waals surface area contributed by atoms with Crippen molar-refractivity contribution in [3.8, 4) is 0 Å². The van der Waals surface area contributed by atoms with Crippen molar-refractivity contribution in [3.63, 3.8) is 0 Å². The highest BCUT2D eigenvalue weighted by Crippen LogP contribution is 2.10. The van der Waals surface area contributed by atoms with Crippen molar-refractivity contribution in [1.82, 2.24) is 10.3 Å². The topological polar surface area (TPSA) is 34.1 Å². The smallest absolute Gasteiger partial charge is 0.0613 e. The molecule has 78 valence electrons. The lowest BCUT2D eigenvalue weighted by Gasteiger charge is -2.19. The fourth-order valence-corrected chi connectivity index (χ4v) is 1.45. The summed E-state index contributed by atoms with van der Waals surface area (Å²) in [6.07, 6.45) is 3.67. The Hall–Kier alpha value is -0.930. The van der Waals surface area contributed by atoms with E-state index in [1.165, 1.54) is 5.56 Å². The maximum absolute atomic E-state index is 5.06. The highest BCUT2D eigenvalue weighted by molar-refractivity contribution is 5.12. The average Bonchev–Trinajstić information content (AvgIpc) is 2.19. The molecule has 1 aromatic rings. The molecule has 3 heteroatoms. The van der Waals surface area contributed by atoms with E-state index in [-0.39, 0.29) is 0 Å². The Morgan fingerprint density at radius 3 is 2.86 bits per heavy atom. The van der Waals surface area contributed by atoms with E-state index in [0.29, 0.717) is 12.1 Å². The van der Waals surface area contributed by atoms with Gasteiger partial charge in [-0.15, -0.1) is 0 Å². The minimum Gasteiger partial charge on any atom is -0.383 e. The van der Waals surface area contributed by atoms with E-state index in [0.717, 1.165) is 6.61 Å². The first-order valence-corrected chi connectivity index (χ1v) is 4.89. The molecule has 0 spiro atoms. The van der Waals surface area contributed by atoms with Crippen LogP contribution < -0.4 is 5.32 Å². The number of hydrogen-bond acceptors (Lipinski definition) is 3. The number of nitrogens with one attached hydrogen (secondary N) is 1. The van der Waals surface area contributed by atoms with Crippen LogP contribution in [0.2, 0.25) is 0 Å². The van der Waals surface area contributed by atoms with E-state index in [9.17, 15) is 0 Å². The standard InChI is InChI=1S/C11H18N2O/c1-9(8-14-3)13-10(2)11-5-4-6-12-7-11/h4-7,9-10,13H,8H2,1-3H3. The Labute approximate surface area is 85.5 Å². The lowest BCUT2D eigenvalue weighted by Crippen LogP contribution is -2.32. The Morgan fingerprint density at radius 2 is 2.29 bits per heavy atom. The van der Waals surface area contributed by atoms with Crippen LogP contribution in [0.4, 0.5) is 0 Å². The number of methoxy groups -OCH3 is 1. The van der Waals surface area contributed by atoms with Gasteiger partial charge in [0.15, 0.2) is 0 Å². The number of pyridine rings is 1. The van der Waals surface area contributed by atoms with Gasteiger partial charge in [-0.1, -0.05) is 6.07 Å². The van der Waals surface area contributed by atoms with Gasteiger partial charge in [-0.25, -0.2) is 0 Å². The zero-order valence-corrected chi connectivity index (χ0v) is 9.03.